The third-order valence-corrected chi connectivity index (χ3v) is 42.2. The summed E-state index contributed by atoms with van der Waals surface area (Å²) in [5.74, 6) is 2.76. The van der Waals surface area contributed by atoms with Gasteiger partial charge < -0.3 is 0 Å². The molecule has 260 valence electrons. The van der Waals surface area contributed by atoms with Crippen molar-refractivity contribution in [2.45, 2.75) is 127 Å². The van der Waals surface area contributed by atoms with Crippen molar-refractivity contribution in [3.05, 3.63) is 0 Å². The molecule has 0 aliphatic heterocycles. The monoisotopic (exact) mass is 786 g/mol. The van der Waals surface area contributed by atoms with Crippen LogP contribution in [0.4, 0.5) is 0 Å². The first kappa shape index (κ1) is 44.3. The first-order chi connectivity index (χ1) is 20.0. The molecule has 0 radical (unpaired) electrons. The molecule has 0 amide bonds. The molecule has 0 N–H and O–H groups in total. The summed E-state index contributed by atoms with van der Waals surface area (Å²) in [6.45, 7) is 27.3. The van der Waals surface area contributed by atoms with Crippen LogP contribution in [0.3, 0.4) is 0 Å². The molecule has 0 heterocycles. The number of rotatable bonds is 21. The second-order valence-electron chi connectivity index (χ2n) is 16.3. The molecule has 3 atom stereocenters. The molecule has 0 spiro atoms. The quantitative estimate of drug-likeness (QED) is 0.0489. The van der Waals surface area contributed by atoms with Crippen molar-refractivity contribution in [3.63, 3.8) is 0 Å². The van der Waals surface area contributed by atoms with E-state index in [0.717, 1.165) is 36.5 Å². The summed E-state index contributed by atoms with van der Waals surface area (Å²) >= 11 is -2.85. The van der Waals surface area contributed by atoms with E-state index in [0.29, 0.717) is 56.8 Å². The van der Waals surface area contributed by atoms with Crippen LogP contribution < -0.4 is 0 Å². The van der Waals surface area contributed by atoms with Crippen LogP contribution >= 0.6 is 26.8 Å². The van der Waals surface area contributed by atoms with Crippen molar-refractivity contribution in [1.82, 2.24) is 0 Å². The van der Waals surface area contributed by atoms with Crippen LogP contribution in [-0.2, 0) is 28.6 Å². The minimum atomic E-state index is -2.85. The zero-order valence-electron chi connectivity index (χ0n) is 30.4. The van der Waals surface area contributed by atoms with Gasteiger partial charge in [0.25, 0.3) is 0 Å². The Balaban J connectivity index is 4.83. The number of carbonyl (C=O) groups is 3. The molecule has 6 nitrogen and oxygen atoms in total. The SMILES string of the molecule is CC(CC(=O)OCC[S][Sn]([CH3])([S]CCOC(=O)CC(C)CC(C)(C)C)[S]CCOC(=O)CC(C)CC(C)(C)C)CC(C)(C)C. The molecule has 0 saturated heterocycles. The van der Waals surface area contributed by atoms with E-state index < -0.39 is 14.2 Å². The Labute approximate surface area is 283 Å². The molecule has 0 saturated carbocycles. The van der Waals surface area contributed by atoms with Crippen molar-refractivity contribution < 1.29 is 28.6 Å². The van der Waals surface area contributed by atoms with E-state index in [1.807, 2.05) is 26.8 Å². The van der Waals surface area contributed by atoms with E-state index in [-0.39, 0.29) is 34.2 Å². The van der Waals surface area contributed by atoms with E-state index in [1.165, 1.54) is 0 Å². The Hall–Kier alpha value is 0.259. The first-order valence-electron chi connectivity index (χ1n) is 16.4. The van der Waals surface area contributed by atoms with Gasteiger partial charge in [-0.15, -0.1) is 0 Å². The predicted octanol–water partition coefficient (Wildman–Crippen LogP) is 9.77. The summed E-state index contributed by atoms with van der Waals surface area (Å²) in [6.07, 6.45) is 4.30. The van der Waals surface area contributed by atoms with Crippen molar-refractivity contribution in [3.8, 4) is 0 Å². The van der Waals surface area contributed by atoms with Crippen molar-refractivity contribution in [2.24, 2.45) is 34.0 Å². The van der Waals surface area contributed by atoms with Crippen molar-refractivity contribution in [1.29, 1.82) is 0 Å². The van der Waals surface area contributed by atoms with Crippen LogP contribution in [0.25, 0.3) is 0 Å². The van der Waals surface area contributed by atoms with Gasteiger partial charge in [0.2, 0.25) is 0 Å². The number of carbonyl (C=O) groups excluding carboxylic acids is 3. The fourth-order valence-corrected chi connectivity index (χ4v) is 36.4. The topological polar surface area (TPSA) is 78.9 Å². The molecular formula is C34H66O6S3Sn. The van der Waals surface area contributed by atoms with Gasteiger partial charge in [0.05, 0.1) is 0 Å². The average Bonchev–Trinajstić information content (AvgIpc) is 2.78. The van der Waals surface area contributed by atoms with Crippen LogP contribution in [0, 0.1) is 34.0 Å². The maximum absolute atomic E-state index is 12.4. The fraction of sp³-hybridized carbons (Fsp3) is 0.912. The summed E-state index contributed by atoms with van der Waals surface area (Å²) in [5, 5.41) is 0. The average molecular weight is 786 g/mol. The second-order valence-corrected chi connectivity index (χ2v) is 52.4. The van der Waals surface area contributed by atoms with Gasteiger partial charge in [-0.25, -0.2) is 0 Å². The van der Waals surface area contributed by atoms with Gasteiger partial charge in [-0.05, 0) is 0 Å². The molecule has 0 rings (SSSR count). The molecule has 0 aromatic heterocycles. The van der Waals surface area contributed by atoms with Gasteiger partial charge >= 0.3 is 285 Å². The van der Waals surface area contributed by atoms with E-state index >= 15 is 0 Å². The van der Waals surface area contributed by atoms with Gasteiger partial charge in [-0.1, -0.05) is 0 Å². The second kappa shape index (κ2) is 21.3. The Morgan fingerprint density at radius 1 is 0.523 bits per heavy atom. The summed E-state index contributed by atoms with van der Waals surface area (Å²) in [5.41, 5.74) is 0.578. The van der Waals surface area contributed by atoms with E-state index in [2.05, 4.69) is 88.0 Å². The van der Waals surface area contributed by atoms with E-state index in [9.17, 15) is 14.4 Å². The van der Waals surface area contributed by atoms with Gasteiger partial charge in [0.15, 0.2) is 0 Å². The molecule has 10 heteroatoms. The van der Waals surface area contributed by atoms with E-state index in [1.54, 1.807) is 0 Å². The molecule has 0 aromatic carbocycles. The third kappa shape index (κ3) is 27.4. The van der Waals surface area contributed by atoms with Crippen LogP contribution in [0.5, 0.6) is 0 Å². The first-order valence-corrected chi connectivity index (χ1v) is 32.7. The Kier molecular flexibility index (Phi) is 21.4. The molecular weight excluding hydrogens is 719 g/mol. The summed E-state index contributed by atoms with van der Waals surface area (Å²) < 4.78 is 16.8. The van der Waals surface area contributed by atoms with Crippen LogP contribution in [0.15, 0.2) is 0 Å². The molecule has 0 aromatic rings. The third-order valence-electron chi connectivity index (χ3n) is 6.56. The molecule has 44 heavy (non-hydrogen) atoms. The number of ether oxygens (including phenoxy) is 3. The van der Waals surface area contributed by atoms with Gasteiger partial charge in [0.1, 0.15) is 0 Å². The maximum atomic E-state index is 12.4. The van der Waals surface area contributed by atoms with Gasteiger partial charge in [-0.3, -0.25) is 0 Å². The molecule has 0 fully saturated rings. The Morgan fingerprint density at radius 2 is 0.750 bits per heavy atom. The zero-order chi connectivity index (χ0) is 34.2. The normalized spacial score (nSPS) is 16.0. The van der Waals surface area contributed by atoms with Crippen LogP contribution in [-0.4, -0.2) is 69.2 Å². The minimum absolute atomic E-state index is 0.125. The molecule has 0 aliphatic carbocycles. The van der Waals surface area contributed by atoms with Crippen molar-refractivity contribution >= 4 is 59.0 Å². The number of hydrogen-bond donors (Lipinski definition) is 0. The molecule has 0 aliphatic rings. The molecule has 3 unspecified atom stereocenters. The van der Waals surface area contributed by atoms with Gasteiger partial charge in [0, 0.05) is 0 Å². The summed E-state index contributed by atoms with van der Waals surface area (Å²) in [6, 6.07) is 0. The molecule has 0 bridgehead atoms. The summed E-state index contributed by atoms with van der Waals surface area (Å²) in [7, 11) is 5.77. The fourth-order valence-electron chi connectivity index (χ4n) is 5.66. The number of hydrogen-bond acceptors (Lipinski definition) is 9. The van der Waals surface area contributed by atoms with Crippen LogP contribution in [0.2, 0.25) is 4.94 Å². The van der Waals surface area contributed by atoms with Crippen molar-refractivity contribution in [2.75, 3.05) is 37.1 Å². The number of esters is 3. The standard InChI is InChI=1S/3C11H22O2S.CH3.Sn/c3*1-9(8-11(2,3)4)7-10(12)13-5-6-14;;/h3*9,14H,5-8H2,1-4H3;1H3;/q;;;;+3/p-3. The predicted molar refractivity (Wildman–Crippen MR) is 195 cm³/mol. The van der Waals surface area contributed by atoms with Gasteiger partial charge in [-0.2, -0.15) is 0 Å². The zero-order valence-corrected chi connectivity index (χ0v) is 35.7. The summed E-state index contributed by atoms with van der Waals surface area (Å²) in [4.78, 5) is 39.5. The van der Waals surface area contributed by atoms with Crippen LogP contribution in [0.1, 0.15) is 122 Å². The Morgan fingerprint density at radius 3 is 0.955 bits per heavy atom. The van der Waals surface area contributed by atoms with E-state index in [4.69, 9.17) is 14.2 Å². The Bertz CT molecular complexity index is 740.